The molecule has 2 heterocycles. The lowest BCUT2D eigenvalue weighted by molar-refractivity contribution is -0.144. The van der Waals surface area contributed by atoms with Crippen molar-refractivity contribution in [1.29, 1.82) is 0 Å². The first-order chi connectivity index (χ1) is 9.59. The number of hydrogen-bond acceptors (Lipinski definition) is 4. The van der Waals surface area contributed by atoms with Gasteiger partial charge in [0, 0.05) is 26.3 Å². The highest BCUT2D eigenvalue weighted by Gasteiger charge is 2.29. The van der Waals surface area contributed by atoms with E-state index in [9.17, 15) is 9.90 Å². The number of halogens is 2. The van der Waals surface area contributed by atoms with E-state index in [2.05, 4.69) is 5.32 Å². The maximum absolute atomic E-state index is 11.4. The highest BCUT2D eigenvalue weighted by molar-refractivity contribution is 7.15. The molecule has 2 rings (SSSR count). The Morgan fingerprint density at radius 2 is 2.20 bits per heavy atom. The van der Waals surface area contributed by atoms with Crippen LogP contribution >= 0.6 is 34.5 Å². The lowest BCUT2D eigenvalue weighted by Gasteiger charge is -2.27. The van der Waals surface area contributed by atoms with Gasteiger partial charge in [-0.3, -0.25) is 4.79 Å². The smallest absolute Gasteiger partial charge is 0.308 e. The van der Waals surface area contributed by atoms with Gasteiger partial charge < -0.3 is 15.2 Å². The number of carboxylic acid groups (broad SMARTS) is 1. The molecule has 112 valence electrons. The highest BCUT2D eigenvalue weighted by atomic mass is 35.5. The van der Waals surface area contributed by atoms with E-state index >= 15 is 0 Å². The number of ether oxygens (including phenoxy) is 1. The maximum Gasteiger partial charge on any atom is 0.308 e. The minimum Gasteiger partial charge on any atom is -0.481 e. The predicted molar refractivity (Wildman–Crippen MR) is 80.7 cm³/mol. The molecule has 1 aliphatic rings. The molecule has 0 bridgehead atoms. The zero-order valence-corrected chi connectivity index (χ0v) is 13.2. The number of carboxylic acids is 1. The van der Waals surface area contributed by atoms with Gasteiger partial charge in [-0.15, -0.1) is 11.3 Å². The van der Waals surface area contributed by atoms with Crippen molar-refractivity contribution in [2.75, 3.05) is 19.8 Å². The summed E-state index contributed by atoms with van der Waals surface area (Å²) in [5.74, 6) is -0.957. The summed E-state index contributed by atoms with van der Waals surface area (Å²) in [6.07, 6.45) is 1.62. The molecule has 1 aromatic heterocycles. The van der Waals surface area contributed by atoms with Gasteiger partial charge in [0.25, 0.3) is 0 Å². The van der Waals surface area contributed by atoms with Gasteiger partial charge in [-0.25, -0.2) is 0 Å². The monoisotopic (exact) mass is 337 g/mol. The van der Waals surface area contributed by atoms with Gasteiger partial charge in [0.15, 0.2) is 0 Å². The van der Waals surface area contributed by atoms with E-state index < -0.39 is 5.97 Å². The van der Waals surface area contributed by atoms with Crippen LogP contribution in [0.2, 0.25) is 9.36 Å². The van der Waals surface area contributed by atoms with E-state index in [4.69, 9.17) is 27.9 Å². The third-order valence-electron chi connectivity index (χ3n) is 3.59. The van der Waals surface area contributed by atoms with Crippen LogP contribution < -0.4 is 5.32 Å². The first-order valence-electron chi connectivity index (χ1n) is 6.52. The SMILES string of the molecule is O=C(O)C(CNCc1csc(Cl)c1Cl)C1CCOCC1. The fourth-order valence-electron chi connectivity index (χ4n) is 2.41. The summed E-state index contributed by atoms with van der Waals surface area (Å²) in [6.45, 7) is 2.28. The van der Waals surface area contributed by atoms with Crippen molar-refractivity contribution in [2.45, 2.75) is 19.4 Å². The van der Waals surface area contributed by atoms with Crippen LogP contribution in [0, 0.1) is 11.8 Å². The second kappa shape index (κ2) is 7.61. The van der Waals surface area contributed by atoms with E-state index in [0.29, 0.717) is 35.7 Å². The van der Waals surface area contributed by atoms with Crippen LogP contribution in [0.25, 0.3) is 0 Å². The van der Waals surface area contributed by atoms with Crippen LogP contribution in [0.3, 0.4) is 0 Å². The molecule has 0 aromatic carbocycles. The molecular weight excluding hydrogens is 321 g/mol. The van der Waals surface area contributed by atoms with Crippen molar-refractivity contribution >= 4 is 40.5 Å². The normalized spacial score (nSPS) is 18.1. The van der Waals surface area contributed by atoms with Crippen molar-refractivity contribution in [3.8, 4) is 0 Å². The molecule has 0 radical (unpaired) electrons. The number of nitrogens with one attached hydrogen (secondary N) is 1. The first kappa shape index (κ1) is 16.0. The first-order valence-corrected chi connectivity index (χ1v) is 8.15. The van der Waals surface area contributed by atoms with E-state index in [0.717, 1.165) is 18.4 Å². The van der Waals surface area contributed by atoms with Crippen molar-refractivity contribution in [3.05, 3.63) is 20.3 Å². The van der Waals surface area contributed by atoms with Crippen molar-refractivity contribution in [2.24, 2.45) is 11.8 Å². The molecule has 20 heavy (non-hydrogen) atoms. The largest absolute Gasteiger partial charge is 0.481 e. The number of thiophene rings is 1. The van der Waals surface area contributed by atoms with Crippen molar-refractivity contribution in [3.63, 3.8) is 0 Å². The van der Waals surface area contributed by atoms with Gasteiger partial charge in [0.2, 0.25) is 0 Å². The van der Waals surface area contributed by atoms with Crippen LogP contribution in [0.15, 0.2) is 5.38 Å². The summed E-state index contributed by atoms with van der Waals surface area (Å²) in [5, 5.41) is 15.0. The average molecular weight is 338 g/mol. The van der Waals surface area contributed by atoms with E-state index in [1.54, 1.807) is 0 Å². The number of carbonyl (C=O) groups is 1. The van der Waals surface area contributed by atoms with Gasteiger partial charge in [0.05, 0.1) is 10.9 Å². The molecule has 1 aromatic rings. The molecule has 1 saturated heterocycles. The Balaban J connectivity index is 1.86. The molecule has 0 spiro atoms. The number of rotatable bonds is 6. The van der Waals surface area contributed by atoms with Gasteiger partial charge in [-0.2, -0.15) is 0 Å². The topological polar surface area (TPSA) is 58.6 Å². The molecule has 0 amide bonds. The fraction of sp³-hybridized carbons (Fsp3) is 0.615. The molecule has 1 unspecified atom stereocenters. The van der Waals surface area contributed by atoms with Crippen LogP contribution in [0.4, 0.5) is 0 Å². The maximum atomic E-state index is 11.4. The van der Waals surface area contributed by atoms with Crippen molar-refractivity contribution in [1.82, 2.24) is 5.32 Å². The Labute approximate surface area is 132 Å². The number of aliphatic carboxylic acids is 1. The average Bonchev–Trinajstić information content (AvgIpc) is 2.76. The summed E-state index contributed by atoms with van der Waals surface area (Å²) in [5.41, 5.74) is 0.915. The van der Waals surface area contributed by atoms with Gasteiger partial charge in [0.1, 0.15) is 4.34 Å². The van der Waals surface area contributed by atoms with Crippen LogP contribution in [-0.2, 0) is 16.1 Å². The lowest BCUT2D eigenvalue weighted by atomic mass is 9.86. The van der Waals surface area contributed by atoms with E-state index in [1.165, 1.54) is 11.3 Å². The Bertz CT molecular complexity index is 460. The summed E-state index contributed by atoms with van der Waals surface area (Å²) < 4.78 is 5.85. The van der Waals surface area contributed by atoms with Crippen LogP contribution in [0.1, 0.15) is 18.4 Å². The lowest BCUT2D eigenvalue weighted by Crippen LogP contribution is -2.36. The standard InChI is InChI=1S/C13H17Cl2NO3S/c14-11-9(7-20-12(11)15)5-16-6-10(13(17)18)8-1-3-19-4-2-8/h7-8,10,16H,1-6H2,(H,17,18). The summed E-state index contributed by atoms with van der Waals surface area (Å²) in [7, 11) is 0. The molecule has 1 fully saturated rings. The fourth-order valence-corrected chi connectivity index (χ4v) is 3.66. The number of hydrogen-bond donors (Lipinski definition) is 2. The third-order valence-corrected chi connectivity index (χ3v) is 5.50. The van der Waals surface area contributed by atoms with Crippen LogP contribution in [0.5, 0.6) is 0 Å². The van der Waals surface area contributed by atoms with Crippen molar-refractivity contribution < 1.29 is 14.6 Å². The summed E-state index contributed by atoms with van der Waals surface area (Å²) >= 11 is 13.3. The Morgan fingerprint density at radius 1 is 1.50 bits per heavy atom. The highest BCUT2D eigenvalue weighted by Crippen LogP contribution is 2.32. The second-order valence-corrected chi connectivity index (χ2v) is 6.73. The molecule has 4 nitrogen and oxygen atoms in total. The molecule has 1 atom stereocenters. The Hall–Kier alpha value is -0.330. The molecular formula is C13H17Cl2NO3S. The van der Waals surface area contributed by atoms with E-state index in [1.807, 2.05) is 5.38 Å². The van der Waals surface area contributed by atoms with Crippen LogP contribution in [-0.4, -0.2) is 30.8 Å². The van der Waals surface area contributed by atoms with E-state index in [-0.39, 0.29) is 11.8 Å². The predicted octanol–water partition coefficient (Wildman–Crippen LogP) is 3.27. The third kappa shape index (κ3) is 4.09. The molecule has 7 heteroatoms. The van der Waals surface area contributed by atoms with Gasteiger partial charge in [-0.05, 0) is 29.7 Å². The quantitative estimate of drug-likeness (QED) is 0.836. The molecule has 2 N–H and O–H groups in total. The zero-order chi connectivity index (χ0) is 14.5. The molecule has 1 aliphatic heterocycles. The minimum atomic E-state index is -0.751. The molecule has 0 saturated carbocycles. The van der Waals surface area contributed by atoms with Gasteiger partial charge >= 0.3 is 5.97 Å². The Morgan fingerprint density at radius 3 is 2.75 bits per heavy atom. The van der Waals surface area contributed by atoms with Gasteiger partial charge in [-0.1, -0.05) is 23.2 Å². The zero-order valence-electron chi connectivity index (χ0n) is 10.9. The summed E-state index contributed by atoms with van der Waals surface area (Å²) in [4.78, 5) is 11.4. The second-order valence-electron chi connectivity index (χ2n) is 4.87. The Kier molecular flexibility index (Phi) is 6.11. The summed E-state index contributed by atoms with van der Waals surface area (Å²) in [6, 6.07) is 0. The molecule has 0 aliphatic carbocycles. The minimum absolute atomic E-state index is 0.176.